The topological polar surface area (TPSA) is 53.1 Å². The third-order valence-electron chi connectivity index (χ3n) is 1.93. The van der Waals surface area contributed by atoms with Crippen LogP contribution in [-0.4, -0.2) is 22.9 Å². The third kappa shape index (κ3) is 2.82. The Morgan fingerprint density at radius 1 is 1.69 bits per heavy atom. The molecule has 0 aromatic carbocycles. The third-order valence-corrected chi connectivity index (χ3v) is 1.93. The number of nitrogens with zero attached hydrogens (tertiary/aromatic N) is 2. The van der Waals surface area contributed by atoms with Crippen LogP contribution < -0.4 is 5.73 Å². The molecule has 0 aliphatic rings. The molecule has 1 atom stereocenters. The van der Waals surface area contributed by atoms with E-state index in [0.29, 0.717) is 13.2 Å². The van der Waals surface area contributed by atoms with Gasteiger partial charge in [-0.1, -0.05) is 0 Å². The summed E-state index contributed by atoms with van der Waals surface area (Å²) in [5.41, 5.74) is 6.45. The van der Waals surface area contributed by atoms with Crippen LogP contribution in [0.4, 0.5) is 0 Å². The number of aryl methyl sites for hydroxylation is 1. The first-order chi connectivity index (χ1) is 6.27. The second-order valence-electron chi connectivity index (χ2n) is 2.93. The zero-order valence-corrected chi connectivity index (χ0v) is 8.23. The van der Waals surface area contributed by atoms with E-state index in [1.165, 1.54) is 0 Å². The lowest BCUT2D eigenvalue weighted by Crippen LogP contribution is -2.10. The minimum Gasteiger partial charge on any atom is -0.372 e. The van der Waals surface area contributed by atoms with Crippen molar-refractivity contribution in [1.29, 1.82) is 0 Å². The van der Waals surface area contributed by atoms with Crippen molar-refractivity contribution in [2.75, 3.05) is 13.2 Å². The Hall–Kier alpha value is -0.870. The summed E-state index contributed by atoms with van der Waals surface area (Å²) in [5.74, 6) is 0. The molecule has 0 spiro atoms. The summed E-state index contributed by atoms with van der Waals surface area (Å²) < 4.78 is 7.34. The maximum Gasteiger partial charge on any atom is 0.0827 e. The zero-order valence-electron chi connectivity index (χ0n) is 8.23. The summed E-state index contributed by atoms with van der Waals surface area (Å²) in [6, 6.07) is 0. The smallest absolute Gasteiger partial charge is 0.0827 e. The molecule has 0 bridgehead atoms. The van der Waals surface area contributed by atoms with Gasteiger partial charge in [-0.25, -0.2) is 0 Å². The number of ether oxygens (including phenoxy) is 1. The van der Waals surface area contributed by atoms with Gasteiger partial charge in [-0.2, -0.15) is 5.10 Å². The molecule has 1 aromatic heterocycles. The van der Waals surface area contributed by atoms with Gasteiger partial charge in [0.15, 0.2) is 0 Å². The normalized spacial score (nSPS) is 13.2. The van der Waals surface area contributed by atoms with Crippen LogP contribution in [-0.2, 0) is 11.3 Å². The van der Waals surface area contributed by atoms with Crippen molar-refractivity contribution < 1.29 is 4.74 Å². The molecule has 74 valence electrons. The van der Waals surface area contributed by atoms with Gasteiger partial charge in [0.05, 0.1) is 18.9 Å². The summed E-state index contributed by atoms with van der Waals surface area (Å²) in [6.45, 7) is 6.11. The average molecular weight is 183 g/mol. The van der Waals surface area contributed by atoms with E-state index in [-0.39, 0.29) is 6.10 Å². The molecule has 0 saturated carbocycles. The lowest BCUT2D eigenvalue weighted by molar-refractivity contribution is 0.0717. The molecule has 0 aliphatic carbocycles. The molecular weight excluding hydrogens is 166 g/mol. The van der Waals surface area contributed by atoms with Gasteiger partial charge in [0.1, 0.15) is 0 Å². The molecule has 0 radical (unpaired) electrons. The second kappa shape index (κ2) is 4.99. The Kier molecular flexibility index (Phi) is 3.92. The Bertz CT molecular complexity index is 247. The van der Waals surface area contributed by atoms with Gasteiger partial charge in [0.2, 0.25) is 0 Å². The maximum absolute atomic E-state index is 5.46. The molecule has 4 nitrogen and oxygen atoms in total. The van der Waals surface area contributed by atoms with E-state index in [2.05, 4.69) is 12.0 Å². The van der Waals surface area contributed by atoms with E-state index in [1.807, 2.05) is 24.0 Å². The molecule has 1 rings (SSSR count). The van der Waals surface area contributed by atoms with Crippen LogP contribution in [0.1, 0.15) is 25.5 Å². The van der Waals surface area contributed by atoms with Gasteiger partial charge >= 0.3 is 0 Å². The van der Waals surface area contributed by atoms with Crippen molar-refractivity contribution in [2.45, 2.75) is 26.5 Å². The highest BCUT2D eigenvalue weighted by Gasteiger charge is 2.06. The molecule has 0 amide bonds. The van der Waals surface area contributed by atoms with Crippen molar-refractivity contribution in [2.24, 2.45) is 5.73 Å². The lowest BCUT2D eigenvalue weighted by atomic mass is 10.2. The molecule has 0 aliphatic heterocycles. The molecule has 4 heteroatoms. The van der Waals surface area contributed by atoms with Crippen molar-refractivity contribution in [3.8, 4) is 0 Å². The Balaban J connectivity index is 2.50. The summed E-state index contributed by atoms with van der Waals surface area (Å²) in [7, 11) is 0. The van der Waals surface area contributed by atoms with Crippen LogP contribution in [0.2, 0.25) is 0 Å². The Labute approximate surface area is 78.7 Å². The first kappa shape index (κ1) is 10.2. The van der Waals surface area contributed by atoms with Crippen molar-refractivity contribution in [3.05, 3.63) is 18.0 Å². The minimum atomic E-state index is 0.0869. The van der Waals surface area contributed by atoms with Crippen LogP contribution in [0.25, 0.3) is 0 Å². The van der Waals surface area contributed by atoms with Crippen LogP contribution >= 0.6 is 0 Å². The highest BCUT2D eigenvalue weighted by molar-refractivity contribution is 5.07. The molecule has 1 heterocycles. The predicted molar refractivity (Wildman–Crippen MR) is 51.3 cm³/mol. The van der Waals surface area contributed by atoms with Gasteiger partial charge < -0.3 is 10.5 Å². The fourth-order valence-corrected chi connectivity index (χ4v) is 1.10. The summed E-state index contributed by atoms with van der Waals surface area (Å²) in [4.78, 5) is 0. The SMILES string of the molecule is CCn1cc([C@H](C)OCCN)cn1. The highest BCUT2D eigenvalue weighted by Crippen LogP contribution is 2.14. The zero-order chi connectivity index (χ0) is 9.68. The van der Waals surface area contributed by atoms with E-state index < -0.39 is 0 Å². The van der Waals surface area contributed by atoms with E-state index in [0.717, 1.165) is 12.1 Å². The van der Waals surface area contributed by atoms with E-state index in [9.17, 15) is 0 Å². The highest BCUT2D eigenvalue weighted by atomic mass is 16.5. The van der Waals surface area contributed by atoms with Crippen LogP contribution in [0.3, 0.4) is 0 Å². The maximum atomic E-state index is 5.46. The van der Waals surface area contributed by atoms with Crippen LogP contribution in [0, 0.1) is 0 Å². The Morgan fingerprint density at radius 2 is 2.46 bits per heavy atom. The number of aromatic nitrogens is 2. The van der Waals surface area contributed by atoms with E-state index in [1.54, 1.807) is 0 Å². The summed E-state index contributed by atoms with van der Waals surface area (Å²) >= 11 is 0. The molecular formula is C9H17N3O. The quantitative estimate of drug-likeness (QED) is 0.739. The first-order valence-electron chi connectivity index (χ1n) is 4.62. The van der Waals surface area contributed by atoms with Crippen molar-refractivity contribution >= 4 is 0 Å². The number of hydrogen-bond acceptors (Lipinski definition) is 3. The molecule has 0 fully saturated rings. The van der Waals surface area contributed by atoms with E-state index in [4.69, 9.17) is 10.5 Å². The molecule has 2 N–H and O–H groups in total. The monoisotopic (exact) mass is 183 g/mol. The van der Waals surface area contributed by atoms with E-state index >= 15 is 0 Å². The second-order valence-corrected chi connectivity index (χ2v) is 2.93. The van der Waals surface area contributed by atoms with Gasteiger partial charge in [0, 0.05) is 24.8 Å². The van der Waals surface area contributed by atoms with Crippen molar-refractivity contribution in [1.82, 2.24) is 9.78 Å². The Morgan fingerprint density at radius 3 is 3.00 bits per heavy atom. The fraction of sp³-hybridized carbons (Fsp3) is 0.667. The molecule has 0 saturated heterocycles. The lowest BCUT2D eigenvalue weighted by Gasteiger charge is -2.09. The number of rotatable bonds is 5. The first-order valence-corrected chi connectivity index (χ1v) is 4.62. The molecule has 0 unspecified atom stereocenters. The van der Waals surface area contributed by atoms with Gasteiger partial charge in [-0.15, -0.1) is 0 Å². The molecule has 1 aromatic rings. The minimum absolute atomic E-state index is 0.0869. The summed E-state index contributed by atoms with van der Waals surface area (Å²) in [5, 5.41) is 4.17. The van der Waals surface area contributed by atoms with Gasteiger partial charge in [0.25, 0.3) is 0 Å². The predicted octanol–water partition coefficient (Wildman–Crippen LogP) is 0.939. The largest absolute Gasteiger partial charge is 0.372 e. The fourth-order valence-electron chi connectivity index (χ4n) is 1.10. The summed E-state index contributed by atoms with van der Waals surface area (Å²) in [6.07, 6.45) is 3.93. The number of hydrogen-bond donors (Lipinski definition) is 1. The van der Waals surface area contributed by atoms with Crippen molar-refractivity contribution in [3.63, 3.8) is 0 Å². The molecule has 13 heavy (non-hydrogen) atoms. The van der Waals surface area contributed by atoms with Gasteiger partial charge in [-0.05, 0) is 13.8 Å². The average Bonchev–Trinajstić information content (AvgIpc) is 2.62. The van der Waals surface area contributed by atoms with Crippen LogP contribution in [0.5, 0.6) is 0 Å². The standard InChI is InChI=1S/C9H17N3O/c1-3-12-7-9(6-11-12)8(2)13-5-4-10/h6-8H,3-5,10H2,1-2H3/t8-/m0/s1. The van der Waals surface area contributed by atoms with Crippen LogP contribution in [0.15, 0.2) is 12.4 Å². The number of nitrogens with two attached hydrogens (primary N) is 1. The van der Waals surface area contributed by atoms with Gasteiger partial charge in [-0.3, -0.25) is 4.68 Å².